The Labute approximate surface area is 230 Å². The summed E-state index contributed by atoms with van der Waals surface area (Å²) in [5, 5.41) is 45.5. The largest absolute Gasteiger partial charge is 0.394 e. The fraction of sp³-hybridized carbons (Fsp3) is 0.500. The van der Waals surface area contributed by atoms with Crippen LogP contribution in [0, 0.1) is 42.5 Å². The normalized spacial score (nSPS) is 25.8. The summed E-state index contributed by atoms with van der Waals surface area (Å²) < 4.78 is 0. The first-order chi connectivity index (χ1) is 19.3. The molecule has 0 radical (unpaired) electrons. The Morgan fingerprint density at radius 2 is 1.07 bits per heavy atom. The predicted octanol–water partition coefficient (Wildman–Crippen LogP) is 6.23. The molecule has 40 heavy (non-hydrogen) atoms. The number of benzene rings is 2. The van der Waals surface area contributed by atoms with E-state index in [9.17, 15) is 30.6 Å². The monoisotopic (exact) mass is 552 g/mol. The van der Waals surface area contributed by atoms with Crippen LogP contribution in [-0.4, -0.2) is 31.1 Å². The zero-order valence-corrected chi connectivity index (χ0v) is 22.1. The first kappa shape index (κ1) is 27.4. The van der Waals surface area contributed by atoms with Gasteiger partial charge in [-0.05, 0) is 36.8 Å². The van der Waals surface area contributed by atoms with Crippen molar-refractivity contribution in [1.29, 1.82) is 0 Å². The van der Waals surface area contributed by atoms with Gasteiger partial charge < -0.3 is 9.68 Å². The van der Waals surface area contributed by atoms with E-state index in [4.69, 9.17) is 9.68 Å². The maximum atomic E-state index is 11.9. The van der Waals surface area contributed by atoms with Crippen molar-refractivity contribution in [3.8, 4) is 0 Å². The zero-order chi connectivity index (χ0) is 28.2. The molecule has 2 aliphatic carbocycles. The maximum absolute atomic E-state index is 11.9. The van der Waals surface area contributed by atoms with E-state index in [1.54, 1.807) is 24.3 Å². The molecular weight excluding hydrogens is 520 g/mol. The van der Waals surface area contributed by atoms with Gasteiger partial charge in [-0.3, -0.25) is 30.6 Å². The van der Waals surface area contributed by atoms with Gasteiger partial charge in [0, 0.05) is 46.9 Å². The highest BCUT2D eigenvalue weighted by Gasteiger charge is 2.42. The molecule has 2 fully saturated rings. The van der Waals surface area contributed by atoms with Gasteiger partial charge in [0.2, 0.25) is 11.4 Å². The van der Waals surface area contributed by atoms with E-state index in [0.29, 0.717) is 20.9 Å². The van der Waals surface area contributed by atoms with E-state index in [0.717, 1.165) is 75.6 Å². The number of nitro groups is 2. The lowest BCUT2D eigenvalue weighted by atomic mass is 9.88. The van der Waals surface area contributed by atoms with Gasteiger partial charge in [-0.15, -0.1) is 0 Å². The zero-order valence-electron chi connectivity index (χ0n) is 22.1. The topological polar surface area (TPSA) is 157 Å². The highest BCUT2D eigenvalue weighted by molar-refractivity contribution is 5.84. The molecule has 4 aliphatic rings. The molecule has 0 amide bonds. The number of non-ortho nitro benzene ring substituents is 2. The highest BCUT2D eigenvalue weighted by Crippen LogP contribution is 2.41. The molecule has 212 valence electrons. The first-order valence-electron chi connectivity index (χ1n) is 13.8. The van der Waals surface area contributed by atoms with Crippen LogP contribution < -0.4 is 0 Å². The second-order valence-corrected chi connectivity index (χ2v) is 10.7. The molecule has 2 heterocycles. The molecule has 0 saturated heterocycles. The lowest BCUT2D eigenvalue weighted by Crippen LogP contribution is -2.16. The van der Waals surface area contributed by atoms with E-state index < -0.39 is 9.85 Å². The van der Waals surface area contributed by atoms with E-state index in [-0.39, 0.29) is 35.4 Å². The highest BCUT2D eigenvalue weighted by atomic mass is 16.9. The van der Waals surface area contributed by atoms with Crippen molar-refractivity contribution in [2.24, 2.45) is 11.8 Å². The predicted molar refractivity (Wildman–Crippen MR) is 144 cm³/mol. The molecule has 2 aliphatic heterocycles. The van der Waals surface area contributed by atoms with Crippen LogP contribution in [0.5, 0.6) is 0 Å². The van der Waals surface area contributed by atoms with Crippen molar-refractivity contribution < 1.29 is 29.3 Å². The van der Waals surface area contributed by atoms with Gasteiger partial charge in [0.05, 0.1) is 21.7 Å². The summed E-state index contributed by atoms with van der Waals surface area (Å²) in [6.45, 7) is 0. The summed E-state index contributed by atoms with van der Waals surface area (Å²) in [5.41, 5.74) is 3.07. The van der Waals surface area contributed by atoms with Crippen LogP contribution >= 0.6 is 0 Å². The molecule has 0 N–H and O–H groups in total. The molecule has 0 aromatic heterocycles. The Bertz CT molecular complexity index is 1240. The van der Waals surface area contributed by atoms with Crippen molar-refractivity contribution in [1.82, 2.24) is 0 Å². The van der Waals surface area contributed by atoms with Crippen LogP contribution in [0.2, 0.25) is 0 Å². The molecular formula is C28H32N4O8. The number of hydrogen-bond acceptors (Lipinski definition) is 8. The molecule has 6 rings (SSSR count). The van der Waals surface area contributed by atoms with Crippen LogP contribution in [-0.2, 0) is 9.68 Å². The quantitative estimate of drug-likeness (QED) is 0.245. The van der Waals surface area contributed by atoms with E-state index in [1.165, 1.54) is 24.3 Å². The summed E-state index contributed by atoms with van der Waals surface area (Å²) in [6, 6.07) is 12.8. The van der Waals surface area contributed by atoms with Gasteiger partial charge in [-0.1, -0.05) is 49.9 Å². The summed E-state index contributed by atoms with van der Waals surface area (Å²) in [7, 11) is 0. The maximum Gasteiger partial charge on any atom is 0.269 e. The van der Waals surface area contributed by atoms with Crippen LogP contribution in [0.15, 0.2) is 48.5 Å². The minimum atomic E-state index is -0.425. The van der Waals surface area contributed by atoms with Crippen LogP contribution in [0.4, 0.5) is 11.4 Å². The molecule has 0 spiro atoms. The molecule has 12 nitrogen and oxygen atoms in total. The molecule has 0 unspecified atom stereocenters. The number of nitro benzene ring substituents is 2. The minimum absolute atomic E-state index is 0.0330. The Kier molecular flexibility index (Phi) is 8.13. The molecule has 12 heteroatoms. The van der Waals surface area contributed by atoms with Crippen LogP contribution in [0.3, 0.4) is 0 Å². The van der Waals surface area contributed by atoms with Crippen molar-refractivity contribution in [2.45, 2.75) is 76.4 Å². The Hall–Kier alpha value is -4.22. The van der Waals surface area contributed by atoms with Gasteiger partial charge in [-0.25, -0.2) is 0 Å². The fourth-order valence-corrected chi connectivity index (χ4v) is 6.21. The van der Waals surface area contributed by atoms with E-state index in [1.807, 2.05) is 0 Å². The summed E-state index contributed by atoms with van der Waals surface area (Å²) in [6.07, 6.45) is 8.95. The lowest BCUT2D eigenvalue weighted by Gasteiger charge is -2.18. The van der Waals surface area contributed by atoms with Crippen molar-refractivity contribution in [3.05, 3.63) is 90.3 Å². The van der Waals surface area contributed by atoms with Gasteiger partial charge in [0.15, 0.2) is 0 Å². The van der Waals surface area contributed by atoms with Crippen molar-refractivity contribution in [2.75, 3.05) is 0 Å². The van der Waals surface area contributed by atoms with Gasteiger partial charge in [0.25, 0.3) is 11.4 Å². The first-order valence-corrected chi connectivity index (χ1v) is 13.8. The molecule has 0 bridgehead atoms. The number of fused-ring (bicyclic) bond motifs is 2. The molecule has 2 saturated carbocycles. The second-order valence-electron chi connectivity index (χ2n) is 10.7. The Morgan fingerprint density at radius 3 is 1.48 bits per heavy atom. The fourth-order valence-electron chi connectivity index (χ4n) is 6.21. The number of rotatable bonds is 4. The summed E-state index contributed by atoms with van der Waals surface area (Å²) in [5.74, 6) is 0.106. The van der Waals surface area contributed by atoms with Crippen LogP contribution in [0.1, 0.15) is 87.5 Å². The van der Waals surface area contributed by atoms with Crippen molar-refractivity contribution >= 4 is 22.8 Å². The third-order valence-electron chi connectivity index (χ3n) is 8.19. The Morgan fingerprint density at radius 1 is 0.650 bits per heavy atom. The van der Waals surface area contributed by atoms with E-state index >= 15 is 0 Å². The minimum Gasteiger partial charge on any atom is -0.394 e. The molecule has 4 atom stereocenters. The average Bonchev–Trinajstić information content (AvgIpc) is 3.21. The van der Waals surface area contributed by atoms with Crippen LogP contribution in [0.25, 0.3) is 0 Å². The number of nitrogens with zero attached hydrogens (tertiary/aromatic N) is 4. The Balaban J connectivity index is 0.000000161. The van der Waals surface area contributed by atoms with Crippen molar-refractivity contribution in [3.63, 3.8) is 0 Å². The van der Waals surface area contributed by atoms with E-state index in [2.05, 4.69) is 0 Å². The lowest BCUT2D eigenvalue weighted by molar-refractivity contribution is -0.743. The molecule has 2 aromatic rings. The second kappa shape index (κ2) is 11.9. The SMILES string of the molecule is O=[N+]([O-])c1cccc([C@@H]2O[N+]([O-])=C3CCCCC[C@@H]32)c1.O=[N+]([O-])c1cccc([C@@H]2O[N+]([O-])=C3CCCCC[C@@H]32)c1. The summed E-state index contributed by atoms with van der Waals surface area (Å²) in [4.78, 5) is 32.9. The average molecular weight is 553 g/mol. The number of hydrogen-bond donors (Lipinski definition) is 0. The smallest absolute Gasteiger partial charge is 0.269 e. The molecule has 2 aromatic carbocycles. The third-order valence-corrected chi connectivity index (χ3v) is 8.19. The summed E-state index contributed by atoms with van der Waals surface area (Å²) >= 11 is 0. The third kappa shape index (κ3) is 5.70. The van der Waals surface area contributed by atoms with Gasteiger partial charge >= 0.3 is 0 Å². The van der Waals surface area contributed by atoms with Gasteiger partial charge in [-0.2, -0.15) is 0 Å². The van der Waals surface area contributed by atoms with Gasteiger partial charge in [0.1, 0.15) is 12.2 Å². The standard InChI is InChI=1S/2C14H16N2O4/c2*17-15(18)11-6-4-5-10(9-11)14-12-7-2-1-3-8-13(12)16(19)20-14/h2*4-6,9,12,14H,1-3,7-8H2/t2*12-,14-/m00/s1.